The number of rotatable bonds is 1. The van der Waals surface area contributed by atoms with Crippen molar-refractivity contribution < 1.29 is 4.42 Å². The number of furan rings is 1. The lowest BCUT2D eigenvalue weighted by Gasteiger charge is -2.03. The zero-order chi connectivity index (χ0) is 7.72. The van der Waals surface area contributed by atoms with Gasteiger partial charge in [-0.3, -0.25) is 0 Å². The summed E-state index contributed by atoms with van der Waals surface area (Å²) in [4.78, 5) is 0. The molecule has 0 radical (unpaired) electrons. The minimum absolute atomic E-state index is 0.0822. The van der Waals surface area contributed by atoms with Crippen LogP contribution in [-0.2, 0) is 0 Å². The van der Waals surface area contributed by atoms with Gasteiger partial charge >= 0.3 is 0 Å². The van der Waals surface area contributed by atoms with Crippen molar-refractivity contribution in [2.75, 3.05) is 0 Å². The summed E-state index contributed by atoms with van der Waals surface area (Å²) >= 11 is 0. The first-order valence-corrected chi connectivity index (χ1v) is 3.43. The van der Waals surface area contributed by atoms with E-state index in [1.807, 2.05) is 20.8 Å². The Labute approximate surface area is 61.0 Å². The summed E-state index contributed by atoms with van der Waals surface area (Å²) in [5.74, 6) is 0.938. The molecule has 1 aromatic rings. The minimum Gasteiger partial charge on any atom is -0.469 e. The van der Waals surface area contributed by atoms with Crippen LogP contribution in [0.25, 0.3) is 0 Å². The van der Waals surface area contributed by atoms with Crippen molar-refractivity contribution in [1.29, 1.82) is 0 Å². The average molecular weight is 139 g/mol. The van der Waals surface area contributed by atoms with Gasteiger partial charge in [0.25, 0.3) is 0 Å². The molecular weight excluding hydrogens is 126 g/mol. The van der Waals surface area contributed by atoms with Crippen molar-refractivity contribution in [3.05, 3.63) is 23.2 Å². The molecule has 1 rings (SSSR count). The Morgan fingerprint density at radius 3 is 2.30 bits per heavy atom. The lowest BCUT2D eigenvalue weighted by atomic mass is 10.1. The Hall–Kier alpha value is -0.760. The third kappa shape index (κ3) is 1.07. The molecule has 0 spiro atoms. The van der Waals surface area contributed by atoms with Crippen LogP contribution >= 0.6 is 0 Å². The SMILES string of the molecule is Cc1coc(C)c1[C@H](C)N. The number of hydrogen-bond acceptors (Lipinski definition) is 2. The monoisotopic (exact) mass is 139 g/mol. The molecule has 0 bridgehead atoms. The van der Waals surface area contributed by atoms with Gasteiger partial charge < -0.3 is 10.2 Å². The van der Waals surface area contributed by atoms with E-state index in [1.54, 1.807) is 6.26 Å². The van der Waals surface area contributed by atoms with Gasteiger partial charge in [-0.2, -0.15) is 0 Å². The van der Waals surface area contributed by atoms with Gasteiger partial charge in [0.1, 0.15) is 5.76 Å². The zero-order valence-electron chi connectivity index (χ0n) is 6.64. The van der Waals surface area contributed by atoms with E-state index >= 15 is 0 Å². The third-order valence-electron chi connectivity index (χ3n) is 1.67. The molecule has 1 aromatic heterocycles. The molecule has 0 unspecified atom stereocenters. The van der Waals surface area contributed by atoms with Gasteiger partial charge in [-0.1, -0.05) is 0 Å². The summed E-state index contributed by atoms with van der Waals surface area (Å²) in [7, 11) is 0. The van der Waals surface area contributed by atoms with Crippen LogP contribution < -0.4 is 5.73 Å². The Balaban J connectivity index is 3.10. The Morgan fingerprint density at radius 1 is 1.50 bits per heavy atom. The number of nitrogens with two attached hydrogens (primary N) is 1. The van der Waals surface area contributed by atoms with E-state index in [2.05, 4.69) is 0 Å². The van der Waals surface area contributed by atoms with Crippen molar-refractivity contribution in [3.63, 3.8) is 0 Å². The lowest BCUT2D eigenvalue weighted by molar-refractivity contribution is 0.525. The van der Waals surface area contributed by atoms with Gasteiger partial charge in [0.15, 0.2) is 0 Å². The average Bonchev–Trinajstić information content (AvgIpc) is 2.11. The van der Waals surface area contributed by atoms with Gasteiger partial charge in [0.2, 0.25) is 0 Å². The highest BCUT2D eigenvalue weighted by atomic mass is 16.3. The molecule has 56 valence electrons. The summed E-state index contributed by atoms with van der Waals surface area (Å²) in [5, 5.41) is 0. The molecule has 0 aliphatic heterocycles. The van der Waals surface area contributed by atoms with E-state index in [4.69, 9.17) is 10.2 Å². The Morgan fingerprint density at radius 2 is 2.10 bits per heavy atom. The van der Waals surface area contributed by atoms with Crippen LogP contribution in [-0.4, -0.2) is 0 Å². The van der Waals surface area contributed by atoms with Crippen molar-refractivity contribution in [3.8, 4) is 0 Å². The molecule has 0 aromatic carbocycles. The van der Waals surface area contributed by atoms with Crippen molar-refractivity contribution >= 4 is 0 Å². The quantitative estimate of drug-likeness (QED) is 0.645. The summed E-state index contributed by atoms with van der Waals surface area (Å²) in [6.07, 6.45) is 1.74. The molecule has 0 saturated heterocycles. The molecule has 0 saturated carbocycles. The fraction of sp³-hybridized carbons (Fsp3) is 0.500. The van der Waals surface area contributed by atoms with Crippen LogP contribution in [0.3, 0.4) is 0 Å². The van der Waals surface area contributed by atoms with E-state index in [1.165, 1.54) is 0 Å². The minimum atomic E-state index is 0.0822. The lowest BCUT2D eigenvalue weighted by Crippen LogP contribution is -2.06. The van der Waals surface area contributed by atoms with E-state index < -0.39 is 0 Å². The first kappa shape index (κ1) is 7.35. The summed E-state index contributed by atoms with van der Waals surface area (Å²) < 4.78 is 5.18. The van der Waals surface area contributed by atoms with Gasteiger partial charge in [0.05, 0.1) is 6.26 Å². The largest absolute Gasteiger partial charge is 0.469 e. The number of hydrogen-bond donors (Lipinski definition) is 1. The molecule has 2 nitrogen and oxygen atoms in total. The highest BCUT2D eigenvalue weighted by Crippen LogP contribution is 2.20. The predicted molar refractivity (Wildman–Crippen MR) is 40.8 cm³/mol. The van der Waals surface area contributed by atoms with Crippen molar-refractivity contribution in [1.82, 2.24) is 0 Å². The van der Waals surface area contributed by atoms with Crippen LogP contribution in [0, 0.1) is 13.8 Å². The molecular formula is C8H13NO. The fourth-order valence-electron chi connectivity index (χ4n) is 1.26. The van der Waals surface area contributed by atoms with Crippen LogP contribution in [0.4, 0.5) is 0 Å². The summed E-state index contributed by atoms with van der Waals surface area (Å²) in [6, 6.07) is 0.0822. The highest BCUT2D eigenvalue weighted by Gasteiger charge is 2.09. The maximum absolute atomic E-state index is 5.70. The summed E-state index contributed by atoms with van der Waals surface area (Å²) in [5.41, 5.74) is 7.98. The first-order valence-electron chi connectivity index (χ1n) is 3.43. The topological polar surface area (TPSA) is 39.2 Å². The smallest absolute Gasteiger partial charge is 0.105 e. The molecule has 0 amide bonds. The molecule has 10 heavy (non-hydrogen) atoms. The second-order valence-corrected chi connectivity index (χ2v) is 2.68. The van der Waals surface area contributed by atoms with Crippen LogP contribution in [0.1, 0.15) is 29.9 Å². The normalized spacial score (nSPS) is 13.6. The van der Waals surface area contributed by atoms with E-state index in [9.17, 15) is 0 Å². The second-order valence-electron chi connectivity index (χ2n) is 2.68. The molecule has 0 aliphatic rings. The molecule has 1 heterocycles. The Kier molecular flexibility index (Phi) is 1.81. The van der Waals surface area contributed by atoms with Crippen LogP contribution in [0.15, 0.2) is 10.7 Å². The van der Waals surface area contributed by atoms with Crippen LogP contribution in [0.5, 0.6) is 0 Å². The third-order valence-corrected chi connectivity index (χ3v) is 1.67. The van der Waals surface area contributed by atoms with E-state index in [-0.39, 0.29) is 6.04 Å². The van der Waals surface area contributed by atoms with Gasteiger partial charge in [-0.15, -0.1) is 0 Å². The van der Waals surface area contributed by atoms with Crippen molar-refractivity contribution in [2.45, 2.75) is 26.8 Å². The zero-order valence-corrected chi connectivity index (χ0v) is 6.64. The van der Waals surface area contributed by atoms with Gasteiger partial charge in [-0.05, 0) is 26.3 Å². The summed E-state index contributed by atoms with van der Waals surface area (Å²) in [6.45, 7) is 5.91. The maximum Gasteiger partial charge on any atom is 0.105 e. The second kappa shape index (κ2) is 2.46. The predicted octanol–water partition coefficient (Wildman–Crippen LogP) is 1.92. The highest BCUT2D eigenvalue weighted by molar-refractivity contribution is 5.28. The van der Waals surface area contributed by atoms with Gasteiger partial charge in [0, 0.05) is 11.6 Å². The molecule has 2 N–H and O–H groups in total. The standard InChI is InChI=1S/C8H13NO/c1-5-4-10-7(3)8(5)6(2)9/h4,6H,9H2,1-3H3/t6-/m0/s1. The maximum atomic E-state index is 5.70. The fourth-order valence-corrected chi connectivity index (χ4v) is 1.26. The van der Waals surface area contributed by atoms with E-state index in [0.29, 0.717) is 0 Å². The van der Waals surface area contributed by atoms with Gasteiger partial charge in [-0.25, -0.2) is 0 Å². The molecule has 2 heteroatoms. The first-order chi connectivity index (χ1) is 4.63. The molecule has 0 fully saturated rings. The van der Waals surface area contributed by atoms with Crippen molar-refractivity contribution in [2.24, 2.45) is 5.73 Å². The van der Waals surface area contributed by atoms with E-state index in [0.717, 1.165) is 16.9 Å². The molecule has 0 aliphatic carbocycles. The van der Waals surface area contributed by atoms with Crippen LogP contribution in [0.2, 0.25) is 0 Å². The Bertz CT molecular complexity index is 206. The molecule has 1 atom stereocenters. The number of aryl methyl sites for hydroxylation is 2.